The number of hydrogen-bond donors (Lipinski definition) is 2. The monoisotopic (exact) mass is 474 g/mol. The molecule has 0 fully saturated rings. The number of carbonyl (C=O) groups is 2. The minimum Gasteiger partial charge on any atom is -0.497 e. The molecule has 3 aromatic rings. The summed E-state index contributed by atoms with van der Waals surface area (Å²) in [5.74, 6) is 1.34. The van der Waals surface area contributed by atoms with Crippen molar-refractivity contribution in [2.45, 2.75) is 46.0 Å². The van der Waals surface area contributed by atoms with Crippen LogP contribution in [0.1, 0.15) is 37.5 Å². The van der Waals surface area contributed by atoms with E-state index in [0.29, 0.717) is 25.5 Å². The third-order valence-corrected chi connectivity index (χ3v) is 5.52. The van der Waals surface area contributed by atoms with Gasteiger partial charge in [0.25, 0.3) is 0 Å². The lowest BCUT2D eigenvalue weighted by Gasteiger charge is -2.30. The van der Waals surface area contributed by atoms with Crippen LogP contribution in [0.3, 0.4) is 0 Å². The van der Waals surface area contributed by atoms with Gasteiger partial charge < -0.3 is 19.7 Å². The highest BCUT2D eigenvalue weighted by molar-refractivity contribution is 5.93. The van der Waals surface area contributed by atoms with Crippen molar-refractivity contribution in [3.63, 3.8) is 0 Å². The molecule has 3 amide bonds. The van der Waals surface area contributed by atoms with E-state index in [1.54, 1.807) is 18.2 Å². The maximum atomic E-state index is 12.7. The minimum atomic E-state index is -0.551. The van der Waals surface area contributed by atoms with Gasteiger partial charge in [0.2, 0.25) is 0 Å². The average molecular weight is 475 g/mol. The predicted molar refractivity (Wildman–Crippen MR) is 134 cm³/mol. The smallest absolute Gasteiger partial charge is 0.407 e. The van der Waals surface area contributed by atoms with Crippen molar-refractivity contribution in [2.75, 3.05) is 12.4 Å². The number of methoxy groups -OCH3 is 1. The van der Waals surface area contributed by atoms with Gasteiger partial charge in [-0.15, -0.1) is 0 Å². The summed E-state index contributed by atoms with van der Waals surface area (Å²) in [6.07, 6.45) is 1.24. The Morgan fingerprint density at radius 1 is 1.11 bits per heavy atom. The first kappa shape index (κ1) is 24.1. The number of nitrogens with one attached hydrogen (secondary N) is 2. The number of carbonyl (C=O) groups excluding carboxylic acids is 2. The second kappa shape index (κ2) is 10.0. The first-order valence-electron chi connectivity index (χ1n) is 11.4. The zero-order valence-electron chi connectivity index (χ0n) is 20.4. The molecule has 0 bridgehead atoms. The van der Waals surface area contributed by atoms with E-state index in [0.717, 1.165) is 33.6 Å². The molecule has 4 rings (SSSR count). The Hall–Kier alpha value is -4.07. The van der Waals surface area contributed by atoms with Crippen molar-refractivity contribution in [3.8, 4) is 16.9 Å². The number of amides is 3. The number of ether oxygens (including phenoxy) is 2. The van der Waals surface area contributed by atoms with Gasteiger partial charge >= 0.3 is 12.1 Å². The van der Waals surface area contributed by atoms with Gasteiger partial charge in [-0.05, 0) is 67.3 Å². The van der Waals surface area contributed by atoms with Gasteiger partial charge in [0.05, 0.1) is 13.7 Å². The van der Waals surface area contributed by atoms with Gasteiger partial charge in [-0.2, -0.15) is 0 Å². The number of aromatic nitrogens is 1. The summed E-state index contributed by atoms with van der Waals surface area (Å²) in [6, 6.07) is 17.4. The first-order valence-corrected chi connectivity index (χ1v) is 11.4. The molecule has 0 radical (unpaired) electrons. The molecule has 1 aliphatic rings. The summed E-state index contributed by atoms with van der Waals surface area (Å²) < 4.78 is 10.5. The molecule has 0 saturated heterocycles. The number of anilines is 1. The van der Waals surface area contributed by atoms with Crippen molar-refractivity contribution in [3.05, 3.63) is 77.5 Å². The molecule has 0 saturated carbocycles. The van der Waals surface area contributed by atoms with E-state index in [2.05, 4.69) is 15.6 Å². The SMILES string of the molecule is COc1ccc(CN2Cc3c(-c4cccc(CNC(=O)OC(C)(C)C)c4)ccnc3NC2=O)cc1. The van der Waals surface area contributed by atoms with E-state index < -0.39 is 11.7 Å². The molecule has 0 unspecified atom stereocenters. The molecular weight excluding hydrogens is 444 g/mol. The van der Waals surface area contributed by atoms with Crippen LogP contribution in [0.15, 0.2) is 60.8 Å². The number of urea groups is 1. The molecule has 8 heteroatoms. The number of pyridine rings is 1. The third-order valence-electron chi connectivity index (χ3n) is 5.52. The number of benzene rings is 2. The van der Waals surface area contributed by atoms with Crippen molar-refractivity contribution in [1.29, 1.82) is 0 Å². The molecule has 2 N–H and O–H groups in total. The molecular formula is C27H30N4O4. The Bertz CT molecular complexity index is 1220. The Balaban J connectivity index is 1.53. The van der Waals surface area contributed by atoms with E-state index >= 15 is 0 Å². The van der Waals surface area contributed by atoms with Crippen molar-refractivity contribution >= 4 is 17.9 Å². The fourth-order valence-corrected chi connectivity index (χ4v) is 3.89. The lowest BCUT2D eigenvalue weighted by atomic mass is 9.97. The second-order valence-electron chi connectivity index (χ2n) is 9.38. The molecule has 0 atom stereocenters. The number of fused-ring (bicyclic) bond motifs is 1. The quantitative estimate of drug-likeness (QED) is 0.504. The van der Waals surface area contributed by atoms with Crippen LogP contribution in [0, 0.1) is 0 Å². The molecule has 35 heavy (non-hydrogen) atoms. The summed E-state index contributed by atoms with van der Waals surface area (Å²) in [6.45, 7) is 6.72. The van der Waals surface area contributed by atoms with Gasteiger partial charge in [-0.25, -0.2) is 14.6 Å². The number of alkyl carbamates (subject to hydrolysis) is 1. The standard InChI is InChI=1S/C27H30N4O4/c1-27(2,3)35-26(33)29-15-19-6-5-7-20(14-19)22-12-13-28-24-23(22)17-31(25(32)30-24)16-18-8-10-21(34-4)11-9-18/h5-14H,15-17H2,1-4H3,(H,29,33)(H,28,30,32). The summed E-state index contributed by atoms with van der Waals surface area (Å²) in [5.41, 5.74) is 4.29. The number of hydrogen-bond acceptors (Lipinski definition) is 5. The third kappa shape index (κ3) is 6.09. The maximum absolute atomic E-state index is 12.7. The Morgan fingerprint density at radius 3 is 2.60 bits per heavy atom. The normalized spacial score (nSPS) is 13.0. The highest BCUT2D eigenvalue weighted by Crippen LogP contribution is 2.33. The van der Waals surface area contributed by atoms with Gasteiger partial charge in [0, 0.05) is 24.8 Å². The van der Waals surface area contributed by atoms with E-state index in [-0.39, 0.29) is 6.03 Å². The number of nitrogens with zero attached hydrogens (tertiary/aromatic N) is 2. The molecule has 8 nitrogen and oxygen atoms in total. The van der Waals surface area contributed by atoms with Crippen molar-refractivity contribution in [1.82, 2.24) is 15.2 Å². The van der Waals surface area contributed by atoms with E-state index in [4.69, 9.17) is 9.47 Å². The molecule has 2 aromatic carbocycles. The summed E-state index contributed by atoms with van der Waals surface area (Å²) >= 11 is 0. The van der Waals surface area contributed by atoms with Gasteiger partial charge in [0.15, 0.2) is 0 Å². The zero-order valence-corrected chi connectivity index (χ0v) is 20.4. The first-order chi connectivity index (χ1) is 16.7. The van der Waals surface area contributed by atoms with Crippen LogP contribution < -0.4 is 15.4 Å². The van der Waals surface area contributed by atoms with Gasteiger partial charge in [0.1, 0.15) is 17.2 Å². The van der Waals surface area contributed by atoms with Gasteiger partial charge in [-0.1, -0.05) is 30.3 Å². The lowest BCUT2D eigenvalue weighted by Crippen LogP contribution is -2.38. The largest absolute Gasteiger partial charge is 0.497 e. The highest BCUT2D eigenvalue weighted by atomic mass is 16.6. The molecule has 1 aromatic heterocycles. The topological polar surface area (TPSA) is 92.8 Å². The summed E-state index contributed by atoms with van der Waals surface area (Å²) in [4.78, 5) is 30.9. The van der Waals surface area contributed by atoms with Crippen LogP contribution in [0.5, 0.6) is 5.75 Å². The van der Waals surface area contributed by atoms with Crippen LogP contribution in [-0.4, -0.2) is 34.7 Å². The fraction of sp³-hybridized carbons (Fsp3) is 0.296. The second-order valence-corrected chi connectivity index (χ2v) is 9.38. The molecule has 182 valence electrons. The van der Waals surface area contributed by atoms with Crippen LogP contribution in [-0.2, 0) is 24.4 Å². The summed E-state index contributed by atoms with van der Waals surface area (Å²) in [7, 11) is 1.63. The highest BCUT2D eigenvalue weighted by Gasteiger charge is 2.26. The van der Waals surface area contributed by atoms with E-state index in [9.17, 15) is 9.59 Å². The van der Waals surface area contributed by atoms with Gasteiger partial charge in [-0.3, -0.25) is 5.32 Å². The Kier molecular flexibility index (Phi) is 6.91. The molecule has 1 aliphatic heterocycles. The van der Waals surface area contributed by atoms with Crippen LogP contribution in [0.2, 0.25) is 0 Å². The Morgan fingerprint density at radius 2 is 1.89 bits per heavy atom. The van der Waals surface area contributed by atoms with Crippen LogP contribution >= 0.6 is 0 Å². The van der Waals surface area contributed by atoms with Crippen molar-refractivity contribution < 1.29 is 19.1 Å². The van der Waals surface area contributed by atoms with Crippen molar-refractivity contribution in [2.24, 2.45) is 0 Å². The van der Waals surface area contributed by atoms with E-state index in [1.165, 1.54) is 0 Å². The maximum Gasteiger partial charge on any atom is 0.407 e. The van der Waals surface area contributed by atoms with E-state index in [1.807, 2.05) is 75.4 Å². The summed E-state index contributed by atoms with van der Waals surface area (Å²) in [5, 5.41) is 5.71. The molecule has 0 spiro atoms. The molecule has 2 heterocycles. The number of rotatable bonds is 6. The zero-order chi connectivity index (χ0) is 25.0. The molecule has 0 aliphatic carbocycles. The van der Waals surface area contributed by atoms with Crippen LogP contribution in [0.25, 0.3) is 11.1 Å². The average Bonchev–Trinajstić information content (AvgIpc) is 2.82. The van der Waals surface area contributed by atoms with Crippen LogP contribution in [0.4, 0.5) is 15.4 Å². The fourth-order valence-electron chi connectivity index (χ4n) is 3.89. The Labute approximate surface area is 205 Å². The predicted octanol–water partition coefficient (Wildman–Crippen LogP) is 5.33. The lowest BCUT2D eigenvalue weighted by molar-refractivity contribution is 0.0523. The minimum absolute atomic E-state index is 0.187.